The van der Waals surface area contributed by atoms with Crippen LogP contribution in [-0.2, 0) is 4.79 Å². The van der Waals surface area contributed by atoms with E-state index in [2.05, 4.69) is 5.32 Å². The van der Waals surface area contributed by atoms with Gasteiger partial charge >= 0.3 is 0 Å². The summed E-state index contributed by atoms with van der Waals surface area (Å²) in [5, 5.41) is 12.8. The number of amides is 1. The molecular formula is C15H27NO2. The standard InChI is InChI=1S/C15H27NO2/c17-14-9-5-4-8-13(14)16-15(18)11-10-12-6-2-1-3-7-12/h12-14,17H,1-11H2,(H,16,18). The Morgan fingerprint density at radius 2 is 1.67 bits per heavy atom. The minimum Gasteiger partial charge on any atom is -0.391 e. The van der Waals surface area contributed by atoms with Crippen LogP contribution in [0.1, 0.15) is 70.6 Å². The third-order valence-corrected chi connectivity index (χ3v) is 4.58. The zero-order valence-electron chi connectivity index (χ0n) is 11.4. The topological polar surface area (TPSA) is 49.3 Å². The summed E-state index contributed by atoms with van der Waals surface area (Å²) in [5.41, 5.74) is 0. The number of rotatable bonds is 4. The van der Waals surface area contributed by atoms with Crippen LogP contribution in [0.2, 0.25) is 0 Å². The Hall–Kier alpha value is -0.570. The molecule has 2 atom stereocenters. The van der Waals surface area contributed by atoms with Gasteiger partial charge in [0.25, 0.3) is 0 Å². The van der Waals surface area contributed by atoms with Crippen LogP contribution < -0.4 is 5.32 Å². The monoisotopic (exact) mass is 253 g/mol. The van der Waals surface area contributed by atoms with Gasteiger partial charge in [0, 0.05) is 6.42 Å². The van der Waals surface area contributed by atoms with Crippen LogP contribution in [0.5, 0.6) is 0 Å². The molecule has 0 heterocycles. The molecule has 0 aromatic rings. The summed E-state index contributed by atoms with van der Waals surface area (Å²) in [6.45, 7) is 0. The lowest BCUT2D eigenvalue weighted by Gasteiger charge is -2.28. The molecule has 1 amide bonds. The van der Waals surface area contributed by atoms with Gasteiger partial charge in [0.15, 0.2) is 0 Å². The first-order chi connectivity index (χ1) is 8.75. The summed E-state index contributed by atoms with van der Waals surface area (Å²) in [5.74, 6) is 0.910. The first kappa shape index (κ1) is 13.9. The molecule has 2 saturated carbocycles. The molecule has 0 aliphatic heterocycles. The van der Waals surface area contributed by atoms with E-state index in [0.717, 1.165) is 38.0 Å². The van der Waals surface area contributed by atoms with Crippen LogP contribution in [0.15, 0.2) is 0 Å². The Morgan fingerprint density at radius 3 is 2.39 bits per heavy atom. The fraction of sp³-hybridized carbons (Fsp3) is 0.933. The van der Waals surface area contributed by atoms with Gasteiger partial charge in [-0.15, -0.1) is 0 Å². The van der Waals surface area contributed by atoms with E-state index in [1.165, 1.54) is 32.1 Å². The molecule has 0 spiro atoms. The van der Waals surface area contributed by atoms with E-state index >= 15 is 0 Å². The summed E-state index contributed by atoms with van der Waals surface area (Å²) in [6, 6.07) is 0.0117. The lowest BCUT2D eigenvalue weighted by molar-refractivity contribution is -0.123. The smallest absolute Gasteiger partial charge is 0.220 e. The second kappa shape index (κ2) is 7.13. The second-order valence-electron chi connectivity index (χ2n) is 6.07. The highest BCUT2D eigenvalue weighted by molar-refractivity contribution is 5.76. The number of hydrogen-bond acceptors (Lipinski definition) is 2. The van der Waals surface area contributed by atoms with E-state index in [4.69, 9.17) is 0 Å². The van der Waals surface area contributed by atoms with E-state index in [1.807, 2.05) is 0 Å². The van der Waals surface area contributed by atoms with Gasteiger partial charge in [-0.3, -0.25) is 4.79 Å². The van der Waals surface area contributed by atoms with Crippen LogP contribution in [0.25, 0.3) is 0 Å². The maximum atomic E-state index is 11.9. The number of carbonyl (C=O) groups is 1. The van der Waals surface area contributed by atoms with Crippen molar-refractivity contribution >= 4 is 5.91 Å². The second-order valence-corrected chi connectivity index (χ2v) is 6.07. The average molecular weight is 253 g/mol. The van der Waals surface area contributed by atoms with Crippen molar-refractivity contribution in [1.29, 1.82) is 0 Å². The van der Waals surface area contributed by atoms with E-state index < -0.39 is 0 Å². The van der Waals surface area contributed by atoms with E-state index in [1.54, 1.807) is 0 Å². The molecule has 0 radical (unpaired) electrons. The SMILES string of the molecule is O=C(CCC1CCCCC1)NC1CCCCC1O. The molecular weight excluding hydrogens is 226 g/mol. The minimum absolute atomic E-state index is 0.0117. The lowest BCUT2D eigenvalue weighted by Crippen LogP contribution is -2.45. The van der Waals surface area contributed by atoms with Crippen molar-refractivity contribution in [2.75, 3.05) is 0 Å². The average Bonchev–Trinajstić information content (AvgIpc) is 2.40. The highest BCUT2D eigenvalue weighted by Gasteiger charge is 2.24. The van der Waals surface area contributed by atoms with Crippen LogP contribution in [0, 0.1) is 5.92 Å². The van der Waals surface area contributed by atoms with E-state index in [9.17, 15) is 9.90 Å². The quantitative estimate of drug-likeness (QED) is 0.809. The molecule has 3 heteroatoms. The van der Waals surface area contributed by atoms with E-state index in [0.29, 0.717) is 6.42 Å². The number of hydrogen-bond donors (Lipinski definition) is 2. The van der Waals surface area contributed by atoms with Gasteiger partial charge in [-0.2, -0.15) is 0 Å². The summed E-state index contributed by atoms with van der Waals surface area (Å²) in [6.07, 6.45) is 12.0. The molecule has 2 fully saturated rings. The summed E-state index contributed by atoms with van der Waals surface area (Å²) >= 11 is 0. The highest BCUT2D eigenvalue weighted by atomic mass is 16.3. The Labute approximate surface area is 110 Å². The summed E-state index contributed by atoms with van der Waals surface area (Å²) in [7, 11) is 0. The van der Waals surface area contributed by atoms with Crippen molar-refractivity contribution in [1.82, 2.24) is 5.32 Å². The largest absolute Gasteiger partial charge is 0.391 e. The predicted molar refractivity (Wildman–Crippen MR) is 72.2 cm³/mol. The van der Waals surface area contributed by atoms with Crippen molar-refractivity contribution in [3.05, 3.63) is 0 Å². The Bertz CT molecular complexity index is 261. The van der Waals surface area contributed by atoms with Crippen LogP contribution in [0.4, 0.5) is 0 Å². The maximum absolute atomic E-state index is 11.9. The van der Waals surface area contributed by atoms with Crippen LogP contribution in [-0.4, -0.2) is 23.2 Å². The van der Waals surface area contributed by atoms with Crippen molar-refractivity contribution in [3.8, 4) is 0 Å². The normalized spacial score (nSPS) is 30.1. The Morgan fingerprint density at radius 1 is 1.00 bits per heavy atom. The number of aliphatic hydroxyl groups is 1. The molecule has 2 aliphatic rings. The van der Waals surface area contributed by atoms with Gasteiger partial charge in [0.1, 0.15) is 0 Å². The summed E-state index contributed by atoms with van der Waals surface area (Å²) < 4.78 is 0. The molecule has 2 aliphatic carbocycles. The van der Waals surface area contributed by atoms with Crippen molar-refractivity contribution < 1.29 is 9.90 Å². The lowest BCUT2D eigenvalue weighted by atomic mass is 9.86. The third-order valence-electron chi connectivity index (χ3n) is 4.58. The first-order valence-corrected chi connectivity index (χ1v) is 7.73. The van der Waals surface area contributed by atoms with Crippen LogP contribution in [0.3, 0.4) is 0 Å². The van der Waals surface area contributed by atoms with Crippen molar-refractivity contribution in [3.63, 3.8) is 0 Å². The molecule has 0 aromatic carbocycles. The molecule has 0 bridgehead atoms. The highest BCUT2D eigenvalue weighted by Crippen LogP contribution is 2.27. The molecule has 3 nitrogen and oxygen atoms in total. The van der Waals surface area contributed by atoms with Gasteiger partial charge < -0.3 is 10.4 Å². The van der Waals surface area contributed by atoms with Crippen molar-refractivity contribution in [2.24, 2.45) is 5.92 Å². The molecule has 2 N–H and O–H groups in total. The molecule has 104 valence electrons. The fourth-order valence-electron chi connectivity index (χ4n) is 3.37. The minimum atomic E-state index is -0.322. The van der Waals surface area contributed by atoms with Gasteiger partial charge in [-0.05, 0) is 25.2 Å². The molecule has 2 unspecified atom stereocenters. The number of nitrogens with one attached hydrogen (secondary N) is 1. The Kier molecular flexibility index (Phi) is 5.48. The predicted octanol–water partition coefficient (Wildman–Crippen LogP) is 2.77. The zero-order chi connectivity index (χ0) is 12.8. The van der Waals surface area contributed by atoms with E-state index in [-0.39, 0.29) is 18.1 Å². The Balaban J connectivity index is 1.64. The fourth-order valence-corrected chi connectivity index (χ4v) is 3.37. The van der Waals surface area contributed by atoms with Gasteiger partial charge in [0.05, 0.1) is 12.1 Å². The summed E-state index contributed by atoms with van der Waals surface area (Å²) in [4.78, 5) is 11.9. The molecule has 2 rings (SSSR count). The van der Waals surface area contributed by atoms with Crippen LogP contribution >= 0.6 is 0 Å². The van der Waals surface area contributed by atoms with Crippen molar-refractivity contribution in [2.45, 2.75) is 82.8 Å². The van der Waals surface area contributed by atoms with Gasteiger partial charge in [-0.25, -0.2) is 0 Å². The first-order valence-electron chi connectivity index (χ1n) is 7.73. The van der Waals surface area contributed by atoms with Gasteiger partial charge in [0.2, 0.25) is 5.91 Å². The molecule has 0 aromatic heterocycles. The molecule has 18 heavy (non-hydrogen) atoms. The number of carbonyl (C=O) groups excluding carboxylic acids is 1. The zero-order valence-corrected chi connectivity index (χ0v) is 11.4. The van der Waals surface area contributed by atoms with Gasteiger partial charge in [-0.1, -0.05) is 44.9 Å². The maximum Gasteiger partial charge on any atom is 0.220 e. The number of aliphatic hydroxyl groups excluding tert-OH is 1. The third kappa shape index (κ3) is 4.27. The molecule has 0 saturated heterocycles.